The monoisotopic (exact) mass is 342 g/mol. The molecule has 6 nitrogen and oxygen atoms in total. The van der Waals surface area contributed by atoms with Crippen LogP contribution in [-0.2, 0) is 16.8 Å². The first-order valence-electron chi connectivity index (χ1n) is 7.77. The summed E-state index contributed by atoms with van der Waals surface area (Å²) in [6.07, 6.45) is 3.38. The summed E-state index contributed by atoms with van der Waals surface area (Å²) < 4.78 is 38.6. The van der Waals surface area contributed by atoms with Gasteiger partial charge in [0, 0.05) is 38.8 Å². The Kier molecular flexibility index (Phi) is 5.89. The van der Waals surface area contributed by atoms with Gasteiger partial charge < -0.3 is 9.47 Å². The predicted molar refractivity (Wildman–Crippen MR) is 89.9 cm³/mol. The van der Waals surface area contributed by atoms with Gasteiger partial charge in [-0.15, -0.1) is 0 Å². The van der Waals surface area contributed by atoms with Gasteiger partial charge in [-0.3, -0.25) is 0 Å². The van der Waals surface area contributed by atoms with Gasteiger partial charge in [0.1, 0.15) is 11.5 Å². The zero-order valence-corrected chi connectivity index (χ0v) is 15.1. The van der Waals surface area contributed by atoms with E-state index in [0.717, 1.165) is 18.4 Å². The van der Waals surface area contributed by atoms with Gasteiger partial charge in [-0.05, 0) is 24.8 Å². The third-order valence-electron chi connectivity index (χ3n) is 4.32. The molecule has 1 fully saturated rings. The van der Waals surface area contributed by atoms with E-state index < -0.39 is 10.2 Å². The SMILES string of the molecule is COc1ccc(CN(CC2CCC2)S(=O)(=O)N(C)C)c(OC)c1. The highest BCUT2D eigenvalue weighted by Gasteiger charge is 2.30. The van der Waals surface area contributed by atoms with Gasteiger partial charge in [-0.1, -0.05) is 12.5 Å². The normalized spacial score (nSPS) is 15.7. The summed E-state index contributed by atoms with van der Waals surface area (Å²) in [7, 11) is 2.83. The number of methoxy groups -OCH3 is 2. The van der Waals surface area contributed by atoms with Crippen LogP contribution < -0.4 is 9.47 Å². The summed E-state index contributed by atoms with van der Waals surface area (Å²) in [6, 6.07) is 5.46. The summed E-state index contributed by atoms with van der Waals surface area (Å²) in [5.41, 5.74) is 0.832. The molecule has 0 heterocycles. The molecule has 0 radical (unpaired) electrons. The van der Waals surface area contributed by atoms with Crippen LogP contribution in [0.3, 0.4) is 0 Å². The van der Waals surface area contributed by atoms with Crippen molar-refractivity contribution in [3.63, 3.8) is 0 Å². The molecule has 0 N–H and O–H groups in total. The Bertz CT molecular complexity index is 627. The minimum atomic E-state index is -3.47. The summed E-state index contributed by atoms with van der Waals surface area (Å²) in [4.78, 5) is 0. The van der Waals surface area contributed by atoms with Crippen LogP contribution in [0.4, 0.5) is 0 Å². The molecule has 1 aliphatic rings. The van der Waals surface area contributed by atoms with Crippen molar-refractivity contribution in [3.8, 4) is 11.5 Å². The highest BCUT2D eigenvalue weighted by Crippen LogP contribution is 2.31. The van der Waals surface area contributed by atoms with E-state index in [4.69, 9.17) is 9.47 Å². The molecule has 0 saturated heterocycles. The van der Waals surface area contributed by atoms with Gasteiger partial charge in [0.05, 0.1) is 14.2 Å². The van der Waals surface area contributed by atoms with Crippen molar-refractivity contribution in [2.24, 2.45) is 5.92 Å². The van der Waals surface area contributed by atoms with Gasteiger partial charge in [0.2, 0.25) is 0 Å². The third kappa shape index (κ3) is 4.16. The lowest BCUT2D eigenvalue weighted by molar-refractivity contribution is 0.233. The van der Waals surface area contributed by atoms with E-state index in [1.807, 2.05) is 12.1 Å². The van der Waals surface area contributed by atoms with E-state index in [1.54, 1.807) is 38.7 Å². The molecule has 7 heteroatoms. The number of benzene rings is 1. The van der Waals surface area contributed by atoms with E-state index in [9.17, 15) is 8.42 Å². The lowest BCUT2D eigenvalue weighted by atomic mass is 9.85. The van der Waals surface area contributed by atoms with Gasteiger partial charge in [-0.2, -0.15) is 17.0 Å². The molecule has 0 spiro atoms. The molecule has 1 aliphatic carbocycles. The van der Waals surface area contributed by atoms with Crippen LogP contribution in [-0.4, -0.2) is 51.9 Å². The van der Waals surface area contributed by atoms with Crippen molar-refractivity contribution >= 4 is 10.2 Å². The molecule has 0 bridgehead atoms. The smallest absolute Gasteiger partial charge is 0.281 e. The quantitative estimate of drug-likeness (QED) is 0.726. The summed E-state index contributed by atoms with van der Waals surface area (Å²) in [5, 5.41) is 0. The van der Waals surface area contributed by atoms with E-state index in [0.29, 0.717) is 30.5 Å². The number of hydrogen-bond donors (Lipinski definition) is 0. The standard InChI is InChI=1S/C16H26N2O4S/c1-17(2)23(19,20)18(11-13-6-5-7-13)12-14-8-9-15(21-3)10-16(14)22-4/h8-10,13H,5-7,11-12H2,1-4H3. The topological polar surface area (TPSA) is 59.1 Å². The number of rotatable bonds is 8. The molecule has 23 heavy (non-hydrogen) atoms. The molecule has 1 saturated carbocycles. The predicted octanol–water partition coefficient (Wildman–Crippen LogP) is 2.11. The second-order valence-electron chi connectivity index (χ2n) is 6.06. The molecular formula is C16H26N2O4S. The Labute approximate surface area is 139 Å². The van der Waals surface area contributed by atoms with Crippen molar-refractivity contribution in [3.05, 3.63) is 23.8 Å². The summed E-state index contributed by atoms with van der Waals surface area (Å²) in [6.45, 7) is 0.847. The molecule has 0 unspecified atom stereocenters. The fourth-order valence-corrected chi connectivity index (χ4v) is 3.77. The lowest BCUT2D eigenvalue weighted by Gasteiger charge is -2.33. The number of ether oxygens (including phenoxy) is 2. The largest absolute Gasteiger partial charge is 0.497 e. The highest BCUT2D eigenvalue weighted by molar-refractivity contribution is 7.86. The first kappa shape index (κ1) is 18.0. The maximum Gasteiger partial charge on any atom is 0.281 e. The van der Waals surface area contributed by atoms with E-state index in [1.165, 1.54) is 10.7 Å². The minimum absolute atomic E-state index is 0.296. The lowest BCUT2D eigenvalue weighted by Crippen LogP contribution is -2.43. The van der Waals surface area contributed by atoms with Gasteiger partial charge in [0.25, 0.3) is 10.2 Å². The molecule has 130 valence electrons. The maximum absolute atomic E-state index is 12.6. The third-order valence-corrected chi connectivity index (χ3v) is 6.17. The Morgan fingerprint density at radius 1 is 1.17 bits per heavy atom. The number of nitrogens with zero attached hydrogens (tertiary/aromatic N) is 2. The Morgan fingerprint density at radius 3 is 2.35 bits per heavy atom. The van der Waals surface area contributed by atoms with Crippen LogP contribution in [0.2, 0.25) is 0 Å². The highest BCUT2D eigenvalue weighted by atomic mass is 32.2. The van der Waals surface area contributed by atoms with Crippen molar-refractivity contribution in [1.29, 1.82) is 0 Å². The van der Waals surface area contributed by atoms with Crippen LogP contribution in [0.5, 0.6) is 11.5 Å². The van der Waals surface area contributed by atoms with E-state index in [2.05, 4.69) is 0 Å². The average Bonchev–Trinajstić information content (AvgIpc) is 2.49. The van der Waals surface area contributed by atoms with Crippen LogP contribution in [0.25, 0.3) is 0 Å². The van der Waals surface area contributed by atoms with Crippen LogP contribution >= 0.6 is 0 Å². The molecule has 0 aliphatic heterocycles. The first-order chi connectivity index (χ1) is 10.9. The molecule has 0 atom stereocenters. The molecule has 1 aromatic carbocycles. The average molecular weight is 342 g/mol. The van der Waals surface area contributed by atoms with Crippen LogP contribution in [0.15, 0.2) is 18.2 Å². The second kappa shape index (κ2) is 7.51. The summed E-state index contributed by atoms with van der Waals surface area (Å²) >= 11 is 0. The van der Waals surface area contributed by atoms with Gasteiger partial charge in [0.15, 0.2) is 0 Å². The van der Waals surface area contributed by atoms with E-state index >= 15 is 0 Å². The van der Waals surface area contributed by atoms with Crippen molar-refractivity contribution in [2.75, 3.05) is 34.9 Å². The number of hydrogen-bond acceptors (Lipinski definition) is 4. The zero-order chi connectivity index (χ0) is 17.0. The zero-order valence-electron chi connectivity index (χ0n) is 14.3. The van der Waals surface area contributed by atoms with Crippen molar-refractivity contribution < 1.29 is 17.9 Å². The van der Waals surface area contributed by atoms with Crippen LogP contribution in [0, 0.1) is 5.92 Å². The molecule has 2 rings (SSSR count). The maximum atomic E-state index is 12.6. The first-order valence-corrected chi connectivity index (χ1v) is 9.16. The Morgan fingerprint density at radius 2 is 1.87 bits per heavy atom. The fraction of sp³-hybridized carbons (Fsp3) is 0.625. The van der Waals surface area contributed by atoms with E-state index in [-0.39, 0.29) is 0 Å². The molecule has 0 aromatic heterocycles. The minimum Gasteiger partial charge on any atom is -0.497 e. The summed E-state index contributed by atoms with van der Waals surface area (Å²) in [5.74, 6) is 1.78. The molecule has 1 aromatic rings. The Hall–Kier alpha value is -1.31. The van der Waals surface area contributed by atoms with Crippen molar-refractivity contribution in [2.45, 2.75) is 25.8 Å². The fourth-order valence-electron chi connectivity index (χ4n) is 2.61. The molecule has 0 amide bonds. The second-order valence-corrected chi connectivity index (χ2v) is 8.20. The van der Waals surface area contributed by atoms with Crippen LogP contribution in [0.1, 0.15) is 24.8 Å². The van der Waals surface area contributed by atoms with Gasteiger partial charge in [-0.25, -0.2) is 0 Å². The molecular weight excluding hydrogens is 316 g/mol. The Balaban J connectivity index is 2.26. The van der Waals surface area contributed by atoms with Crippen molar-refractivity contribution in [1.82, 2.24) is 8.61 Å². The van der Waals surface area contributed by atoms with Gasteiger partial charge >= 0.3 is 0 Å².